The molecule has 0 bridgehead atoms. The van der Waals surface area contributed by atoms with Crippen molar-refractivity contribution >= 4 is 0 Å². The Labute approximate surface area is 63.5 Å². The van der Waals surface area contributed by atoms with E-state index in [9.17, 15) is 0 Å². The van der Waals surface area contributed by atoms with Crippen molar-refractivity contribution in [3.8, 4) is 0 Å². The minimum Gasteiger partial charge on any atom is -0.314 e. The number of hydrogen-bond donors (Lipinski definition) is 1. The van der Waals surface area contributed by atoms with Gasteiger partial charge in [-0.15, -0.1) is 0 Å². The first kappa shape index (κ1) is 7.80. The van der Waals surface area contributed by atoms with E-state index in [1.54, 1.807) is 0 Å². The van der Waals surface area contributed by atoms with Crippen molar-refractivity contribution in [2.45, 2.75) is 38.6 Å². The lowest BCUT2D eigenvalue weighted by Crippen LogP contribution is -2.26. The predicted molar refractivity (Wildman–Crippen MR) is 45.1 cm³/mol. The van der Waals surface area contributed by atoms with Gasteiger partial charge in [0.2, 0.25) is 0 Å². The van der Waals surface area contributed by atoms with Gasteiger partial charge in [-0.1, -0.05) is 12.2 Å². The summed E-state index contributed by atoms with van der Waals surface area (Å²) in [7, 11) is 0. The Hall–Kier alpha value is -0.300. The molecule has 0 aromatic carbocycles. The molecular formula is C9H17N. The van der Waals surface area contributed by atoms with Gasteiger partial charge in [0.15, 0.2) is 0 Å². The van der Waals surface area contributed by atoms with Crippen LogP contribution in [0.15, 0.2) is 12.2 Å². The van der Waals surface area contributed by atoms with E-state index in [4.69, 9.17) is 0 Å². The van der Waals surface area contributed by atoms with Crippen molar-refractivity contribution in [2.75, 3.05) is 6.54 Å². The Morgan fingerprint density at radius 3 is 3.00 bits per heavy atom. The van der Waals surface area contributed by atoms with Crippen LogP contribution in [-0.2, 0) is 0 Å². The Kier molecular flexibility index (Phi) is 3.52. The zero-order valence-corrected chi connectivity index (χ0v) is 6.77. The van der Waals surface area contributed by atoms with Crippen LogP contribution in [-0.4, -0.2) is 12.6 Å². The highest BCUT2D eigenvalue weighted by Gasteiger charge is 1.99. The molecule has 0 fully saturated rings. The van der Waals surface area contributed by atoms with E-state index in [0.29, 0.717) is 0 Å². The van der Waals surface area contributed by atoms with Gasteiger partial charge in [-0.2, -0.15) is 0 Å². The highest BCUT2D eigenvalue weighted by Crippen LogP contribution is 2.03. The largest absolute Gasteiger partial charge is 0.314 e. The standard InChI is InChI=1S/C9H17N/c1-9-7-5-3-2-4-6-8-10-9/h2,4,9-10H,3,5-8H2,1H3. The average molecular weight is 139 g/mol. The van der Waals surface area contributed by atoms with Crippen LogP contribution >= 0.6 is 0 Å². The van der Waals surface area contributed by atoms with E-state index in [0.717, 1.165) is 12.6 Å². The predicted octanol–water partition coefficient (Wildman–Crippen LogP) is 2.09. The second-order valence-corrected chi connectivity index (χ2v) is 3.05. The van der Waals surface area contributed by atoms with Crippen molar-refractivity contribution in [1.29, 1.82) is 0 Å². The lowest BCUT2D eigenvalue weighted by Gasteiger charge is -2.10. The minimum atomic E-state index is 0.722. The molecule has 1 nitrogen and oxygen atoms in total. The van der Waals surface area contributed by atoms with Gasteiger partial charge in [0.05, 0.1) is 0 Å². The molecule has 1 aliphatic heterocycles. The van der Waals surface area contributed by atoms with E-state index in [1.807, 2.05) is 0 Å². The zero-order chi connectivity index (χ0) is 7.23. The Morgan fingerprint density at radius 1 is 1.30 bits per heavy atom. The quantitative estimate of drug-likeness (QED) is 0.507. The normalized spacial score (nSPS) is 28.7. The fraction of sp³-hybridized carbons (Fsp3) is 0.778. The van der Waals surface area contributed by atoms with E-state index in [1.165, 1.54) is 25.7 Å². The molecule has 1 rings (SSSR count). The molecule has 0 aliphatic carbocycles. The number of nitrogens with one attached hydrogen (secondary N) is 1. The van der Waals surface area contributed by atoms with Gasteiger partial charge in [0, 0.05) is 6.04 Å². The molecule has 58 valence electrons. The maximum absolute atomic E-state index is 3.47. The Balaban J connectivity index is 2.24. The second-order valence-electron chi connectivity index (χ2n) is 3.05. The molecular weight excluding hydrogens is 122 g/mol. The van der Waals surface area contributed by atoms with Crippen molar-refractivity contribution in [3.05, 3.63) is 12.2 Å². The molecule has 1 atom stereocenters. The summed E-state index contributed by atoms with van der Waals surface area (Å²) in [5.74, 6) is 0. The topological polar surface area (TPSA) is 12.0 Å². The van der Waals surface area contributed by atoms with Crippen LogP contribution in [0.1, 0.15) is 32.6 Å². The van der Waals surface area contributed by atoms with Gasteiger partial charge < -0.3 is 5.32 Å². The molecule has 0 aromatic rings. The van der Waals surface area contributed by atoms with Crippen molar-refractivity contribution in [3.63, 3.8) is 0 Å². The monoisotopic (exact) mass is 139 g/mol. The van der Waals surface area contributed by atoms with Gasteiger partial charge >= 0.3 is 0 Å². The molecule has 0 amide bonds. The summed E-state index contributed by atoms with van der Waals surface area (Å²) < 4.78 is 0. The molecule has 10 heavy (non-hydrogen) atoms. The summed E-state index contributed by atoms with van der Waals surface area (Å²) in [5.41, 5.74) is 0. The van der Waals surface area contributed by atoms with Crippen LogP contribution in [0.3, 0.4) is 0 Å². The molecule has 0 radical (unpaired) electrons. The lowest BCUT2D eigenvalue weighted by molar-refractivity contribution is 0.511. The van der Waals surface area contributed by atoms with Gasteiger partial charge in [-0.3, -0.25) is 0 Å². The fourth-order valence-electron chi connectivity index (χ4n) is 1.29. The lowest BCUT2D eigenvalue weighted by atomic mass is 10.1. The molecule has 0 spiro atoms. The third-order valence-corrected chi connectivity index (χ3v) is 1.98. The molecule has 1 heteroatoms. The summed E-state index contributed by atoms with van der Waals surface area (Å²) in [6.07, 6.45) is 9.72. The smallest absolute Gasteiger partial charge is 0.00389 e. The number of hydrogen-bond acceptors (Lipinski definition) is 1. The minimum absolute atomic E-state index is 0.722. The molecule has 0 aromatic heterocycles. The van der Waals surface area contributed by atoms with Crippen molar-refractivity contribution in [2.24, 2.45) is 0 Å². The maximum Gasteiger partial charge on any atom is 0.00389 e. The molecule has 0 saturated carbocycles. The van der Waals surface area contributed by atoms with Gasteiger partial charge in [0.25, 0.3) is 0 Å². The molecule has 1 heterocycles. The molecule has 1 N–H and O–H groups in total. The summed E-state index contributed by atoms with van der Waals surface area (Å²) >= 11 is 0. The van der Waals surface area contributed by atoms with E-state index in [2.05, 4.69) is 24.4 Å². The number of allylic oxidation sites excluding steroid dienone is 1. The Bertz CT molecular complexity index is 95.3. The van der Waals surface area contributed by atoms with Gasteiger partial charge in [0.1, 0.15) is 0 Å². The SMILES string of the molecule is CC1CCCC=CCCN1. The Morgan fingerprint density at radius 2 is 2.10 bits per heavy atom. The van der Waals surface area contributed by atoms with Crippen LogP contribution < -0.4 is 5.32 Å². The summed E-state index contributed by atoms with van der Waals surface area (Å²) in [5, 5.41) is 3.47. The van der Waals surface area contributed by atoms with Crippen LogP contribution in [0.5, 0.6) is 0 Å². The summed E-state index contributed by atoms with van der Waals surface area (Å²) in [6, 6.07) is 0.722. The fourth-order valence-corrected chi connectivity index (χ4v) is 1.29. The first-order chi connectivity index (χ1) is 4.89. The summed E-state index contributed by atoms with van der Waals surface area (Å²) in [4.78, 5) is 0. The van der Waals surface area contributed by atoms with Gasteiger partial charge in [-0.05, 0) is 39.2 Å². The summed E-state index contributed by atoms with van der Waals surface area (Å²) in [6.45, 7) is 3.42. The molecule has 1 unspecified atom stereocenters. The first-order valence-electron chi connectivity index (χ1n) is 4.28. The number of rotatable bonds is 0. The zero-order valence-electron chi connectivity index (χ0n) is 6.77. The van der Waals surface area contributed by atoms with Crippen molar-refractivity contribution in [1.82, 2.24) is 5.32 Å². The molecule has 0 saturated heterocycles. The van der Waals surface area contributed by atoms with Crippen LogP contribution in [0.4, 0.5) is 0 Å². The third kappa shape index (κ3) is 3.02. The van der Waals surface area contributed by atoms with Crippen molar-refractivity contribution < 1.29 is 0 Å². The first-order valence-corrected chi connectivity index (χ1v) is 4.28. The average Bonchev–Trinajstić information content (AvgIpc) is 2.02. The maximum atomic E-state index is 3.47. The van der Waals surface area contributed by atoms with Crippen LogP contribution in [0.2, 0.25) is 0 Å². The van der Waals surface area contributed by atoms with Crippen LogP contribution in [0.25, 0.3) is 0 Å². The third-order valence-electron chi connectivity index (χ3n) is 1.98. The highest BCUT2D eigenvalue weighted by molar-refractivity contribution is 4.84. The van der Waals surface area contributed by atoms with E-state index >= 15 is 0 Å². The molecule has 1 aliphatic rings. The highest BCUT2D eigenvalue weighted by atomic mass is 14.9. The van der Waals surface area contributed by atoms with Crippen LogP contribution in [0, 0.1) is 0 Å². The van der Waals surface area contributed by atoms with Gasteiger partial charge in [-0.25, -0.2) is 0 Å². The van der Waals surface area contributed by atoms with E-state index in [-0.39, 0.29) is 0 Å². The van der Waals surface area contributed by atoms with E-state index < -0.39 is 0 Å². The second kappa shape index (κ2) is 4.51.